The van der Waals surface area contributed by atoms with Crippen LogP contribution in [0.1, 0.15) is 27.2 Å². The molecule has 0 saturated carbocycles. The Balaban J connectivity index is 2.82. The first-order valence-electron chi connectivity index (χ1n) is 7.03. The van der Waals surface area contributed by atoms with Crippen LogP contribution in [0.15, 0.2) is 18.2 Å². The van der Waals surface area contributed by atoms with Crippen molar-refractivity contribution in [1.29, 1.82) is 0 Å². The van der Waals surface area contributed by atoms with Gasteiger partial charge in [-0.1, -0.05) is 20.8 Å². The van der Waals surface area contributed by atoms with Gasteiger partial charge in [-0.2, -0.15) is 0 Å². The van der Waals surface area contributed by atoms with Crippen LogP contribution in [0.2, 0.25) is 0 Å². The van der Waals surface area contributed by atoms with Crippen molar-refractivity contribution in [3.63, 3.8) is 0 Å². The molecule has 1 unspecified atom stereocenters. The molecule has 21 heavy (non-hydrogen) atoms. The molecule has 1 rings (SSSR count). The minimum atomic E-state index is -0.210. The average Bonchev–Trinajstić information content (AvgIpc) is 2.43. The zero-order valence-electron chi connectivity index (χ0n) is 13.5. The fourth-order valence-corrected chi connectivity index (χ4v) is 2.18. The number of hydrogen-bond acceptors (Lipinski definition) is 4. The van der Waals surface area contributed by atoms with Crippen LogP contribution >= 0.6 is 0 Å². The van der Waals surface area contributed by atoms with E-state index in [0.717, 1.165) is 6.42 Å². The summed E-state index contributed by atoms with van der Waals surface area (Å²) in [6.07, 6.45) is 0.739. The highest BCUT2D eigenvalue weighted by Crippen LogP contribution is 2.30. The number of ether oxygens (including phenoxy) is 2. The van der Waals surface area contributed by atoms with Gasteiger partial charge >= 0.3 is 0 Å². The minimum absolute atomic E-state index is 0.0545. The largest absolute Gasteiger partial charge is 0.493 e. The lowest BCUT2D eigenvalue weighted by atomic mass is 9.84. The molecule has 0 heterocycles. The first-order chi connectivity index (χ1) is 9.80. The Morgan fingerprint density at radius 3 is 2.33 bits per heavy atom. The van der Waals surface area contributed by atoms with Crippen molar-refractivity contribution in [2.75, 3.05) is 26.1 Å². The number of nitrogens with two attached hydrogens (primary N) is 1. The predicted octanol–water partition coefficient (Wildman–Crippen LogP) is 2.65. The second-order valence-corrected chi connectivity index (χ2v) is 6.26. The van der Waals surface area contributed by atoms with Gasteiger partial charge in [-0.3, -0.25) is 4.79 Å². The molecule has 0 saturated heterocycles. The summed E-state index contributed by atoms with van der Waals surface area (Å²) >= 11 is 0. The molecule has 1 aromatic rings. The molecule has 0 bridgehead atoms. The van der Waals surface area contributed by atoms with E-state index in [1.54, 1.807) is 32.4 Å². The van der Waals surface area contributed by atoms with E-state index in [2.05, 4.69) is 26.1 Å². The van der Waals surface area contributed by atoms with Gasteiger partial charge in [0.15, 0.2) is 11.5 Å². The van der Waals surface area contributed by atoms with Gasteiger partial charge in [-0.25, -0.2) is 0 Å². The van der Waals surface area contributed by atoms with E-state index in [-0.39, 0.29) is 17.2 Å². The van der Waals surface area contributed by atoms with E-state index in [0.29, 0.717) is 23.7 Å². The SMILES string of the molecule is COc1ccc(NC(=O)C(CN)CC(C)(C)C)cc1OC. The number of methoxy groups -OCH3 is 2. The third-order valence-corrected chi connectivity index (χ3v) is 3.17. The fraction of sp³-hybridized carbons (Fsp3) is 0.562. The monoisotopic (exact) mass is 294 g/mol. The molecule has 0 radical (unpaired) electrons. The zero-order chi connectivity index (χ0) is 16.0. The summed E-state index contributed by atoms with van der Waals surface area (Å²) in [4.78, 5) is 12.3. The van der Waals surface area contributed by atoms with Crippen molar-refractivity contribution in [3.05, 3.63) is 18.2 Å². The van der Waals surface area contributed by atoms with Gasteiger partial charge in [-0.05, 0) is 24.0 Å². The Kier molecular flexibility index (Phi) is 6.03. The molecule has 0 aromatic heterocycles. The number of anilines is 1. The molecule has 5 nitrogen and oxygen atoms in total. The maximum absolute atomic E-state index is 12.3. The number of carbonyl (C=O) groups excluding carboxylic acids is 1. The molecule has 3 N–H and O–H groups in total. The second-order valence-electron chi connectivity index (χ2n) is 6.26. The van der Waals surface area contributed by atoms with E-state index in [4.69, 9.17) is 15.2 Å². The summed E-state index contributed by atoms with van der Waals surface area (Å²) in [5.41, 5.74) is 6.46. The molecule has 5 heteroatoms. The van der Waals surface area contributed by atoms with Crippen LogP contribution in [0.3, 0.4) is 0 Å². The molecule has 1 amide bonds. The predicted molar refractivity (Wildman–Crippen MR) is 84.8 cm³/mol. The topological polar surface area (TPSA) is 73.6 Å². The van der Waals surface area contributed by atoms with E-state index in [1.807, 2.05) is 0 Å². The molecule has 0 aliphatic rings. The number of nitrogens with one attached hydrogen (secondary N) is 1. The molecule has 0 spiro atoms. The normalized spacial score (nSPS) is 12.7. The van der Waals surface area contributed by atoms with Crippen molar-refractivity contribution in [1.82, 2.24) is 0 Å². The molecule has 0 aliphatic carbocycles. The Morgan fingerprint density at radius 1 is 1.24 bits per heavy atom. The maximum Gasteiger partial charge on any atom is 0.228 e. The summed E-state index contributed by atoms with van der Waals surface area (Å²) in [7, 11) is 3.13. The van der Waals surface area contributed by atoms with Gasteiger partial charge in [-0.15, -0.1) is 0 Å². The average molecular weight is 294 g/mol. The van der Waals surface area contributed by atoms with Crippen LogP contribution in [-0.4, -0.2) is 26.7 Å². The third-order valence-electron chi connectivity index (χ3n) is 3.17. The number of carbonyl (C=O) groups is 1. The van der Waals surface area contributed by atoms with Crippen LogP contribution in [0, 0.1) is 11.3 Å². The highest BCUT2D eigenvalue weighted by atomic mass is 16.5. The summed E-state index contributed by atoms with van der Waals surface area (Å²) in [6.45, 7) is 6.62. The Bertz CT molecular complexity index is 481. The first kappa shape index (κ1) is 17.3. The van der Waals surface area contributed by atoms with Crippen molar-refractivity contribution >= 4 is 11.6 Å². The molecule has 0 aliphatic heterocycles. The lowest BCUT2D eigenvalue weighted by Gasteiger charge is -2.24. The van der Waals surface area contributed by atoms with Gasteiger partial charge in [0.2, 0.25) is 5.91 Å². The number of hydrogen-bond donors (Lipinski definition) is 2. The molecular formula is C16H26N2O3. The molecule has 118 valence electrons. The molecule has 1 aromatic carbocycles. The fourth-order valence-electron chi connectivity index (χ4n) is 2.18. The van der Waals surface area contributed by atoms with Gasteiger partial charge in [0, 0.05) is 18.3 Å². The maximum atomic E-state index is 12.3. The zero-order valence-corrected chi connectivity index (χ0v) is 13.5. The smallest absolute Gasteiger partial charge is 0.228 e. The standard InChI is InChI=1S/C16H26N2O3/c1-16(2,3)9-11(10-17)15(19)18-12-6-7-13(20-4)14(8-12)21-5/h6-8,11H,9-10,17H2,1-5H3,(H,18,19). The van der Waals surface area contributed by atoms with Gasteiger partial charge in [0.05, 0.1) is 20.1 Å². The first-order valence-corrected chi connectivity index (χ1v) is 7.03. The van der Waals surface area contributed by atoms with Gasteiger partial charge in [0.1, 0.15) is 0 Å². The summed E-state index contributed by atoms with van der Waals surface area (Å²) < 4.78 is 10.4. The van der Waals surface area contributed by atoms with Gasteiger partial charge in [0.25, 0.3) is 0 Å². The van der Waals surface area contributed by atoms with E-state index < -0.39 is 0 Å². The molecule has 1 atom stereocenters. The van der Waals surface area contributed by atoms with Crippen molar-refractivity contribution in [3.8, 4) is 11.5 Å². The number of rotatable bonds is 6. The van der Waals surface area contributed by atoms with Gasteiger partial charge < -0.3 is 20.5 Å². The highest BCUT2D eigenvalue weighted by Gasteiger charge is 2.24. The van der Waals surface area contributed by atoms with Crippen LogP contribution < -0.4 is 20.5 Å². The molecular weight excluding hydrogens is 268 g/mol. The number of benzene rings is 1. The highest BCUT2D eigenvalue weighted by molar-refractivity contribution is 5.93. The third kappa shape index (κ3) is 5.27. The summed E-state index contributed by atoms with van der Waals surface area (Å²) in [5.74, 6) is 0.925. The van der Waals surface area contributed by atoms with E-state index >= 15 is 0 Å². The van der Waals surface area contributed by atoms with E-state index in [9.17, 15) is 4.79 Å². The lowest BCUT2D eigenvalue weighted by Crippen LogP contribution is -2.32. The lowest BCUT2D eigenvalue weighted by molar-refractivity contribution is -0.120. The van der Waals surface area contributed by atoms with Crippen LogP contribution in [0.5, 0.6) is 11.5 Å². The van der Waals surface area contributed by atoms with Crippen LogP contribution in [0.25, 0.3) is 0 Å². The molecule has 0 fully saturated rings. The Labute approximate surface area is 126 Å². The Morgan fingerprint density at radius 2 is 1.86 bits per heavy atom. The van der Waals surface area contributed by atoms with Crippen LogP contribution in [-0.2, 0) is 4.79 Å². The minimum Gasteiger partial charge on any atom is -0.493 e. The summed E-state index contributed by atoms with van der Waals surface area (Å²) in [6, 6.07) is 5.28. The van der Waals surface area contributed by atoms with Crippen molar-refractivity contribution < 1.29 is 14.3 Å². The van der Waals surface area contributed by atoms with E-state index in [1.165, 1.54) is 0 Å². The van der Waals surface area contributed by atoms with Crippen molar-refractivity contribution in [2.45, 2.75) is 27.2 Å². The Hall–Kier alpha value is -1.75. The van der Waals surface area contributed by atoms with Crippen molar-refractivity contribution in [2.24, 2.45) is 17.1 Å². The number of amides is 1. The van der Waals surface area contributed by atoms with Crippen LogP contribution in [0.4, 0.5) is 5.69 Å². The quantitative estimate of drug-likeness (QED) is 0.846. The second kappa shape index (κ2) is 7.31. The summed E-state index contributed by atoms with van der Waals surface area (Å²) in [5, 5.41) is 2.89.